The molecule has 0 aliphatic rings. The van der Waals surface area contributed by atoms with Crippen molar-refractivity contribution < 1.29 is 9.84 Å². The first kappa shape index (κ1) is 22.4. The third-order valence-corrected chi connectivity index (χ3v) is 4.86. The Morgan fingerprint density at radius 1 is 1.10 bits per heavy atom. The van der Waals surface area contributed by atoms with E-state index in [4.69, 9.17) is 4.74 Å². The SMILES string of the molecule is CCNC(=NCc1ccc(OCc2ccccc2)cc1)NCC(C)(O)c1cnn(C)c1. The zero-order valence-electron chi connectivity index (χ0n) is 18.4. The molecule has 0 bridgehead atoms. The number of benzene rings is 2. The van der Waals surface area contributed by atoms with Crippen LogP contribution in [0.15, 0.2) is 72.0 Å². The predicted octanol–water partition coefficient (Wildman–Crippen LogP) is 2.96. The van der Waals surface area contributed by atoms with E-state index < -0.39 is 5.60 Å². The Bertz CT molecular complexity index is 965. The Balaban J connectivity index is 1.54. The van der Waals surface area contributed by atoms with Gasteiger partial charge in [-0.25, -0.2) is 4.99 Å². The first-order valence-corrected chi connectivity index (χ1v) is 10.5. The fourth-order valence-electron chi connectivity index (χ4n) is 3.00. The number of nitrogens with one attached hydrogen (secondary N) is 2. The second kappa shape index (κ2) is 10.6. The van der Waals surface area contributed by atoms with Gasteiger partial charge in [0, 0.05) is 25.4 Å². The van der Waals surface area contributed by atoms with Crippen LogP contribution >= 0.6 is 0 Å². The second-order valence-electron chi connectivity index (χ2n) is 7.64. The second-order valence-corrected chi connectivity index (χ2v) is 7.64. The van der Waals surface area contributed by atoms with Crippen LogP contribution in [0.2, 0.25) is 0 Å². The summed E-state index contributed by atoms with van der Waals surface area (Å²) in [7, 11) is 1.83. The normalized spacial score (nSPS) is 13.5. The maximum atomic E-state index is 10.8. The summed E-state index contributed by atoms with van der Waals surface area (Å²) >= 11 is 0. The molecular weight excluding hydrogens is 390 g/mol. The topological polar surface area (TPSA) is 83.7 Å². The average Bonchev–Trinajstić information content (AvgIpc) is 3.23. The fourth-order valence-corrected chi connectivity index (χ4v) is 3.00. The molecule has 0 saturated carbocycles. The number of aliphatic imine (C=N–C) groups is 1. The number of guanidine groups is 1. The molecule has 2 aromatic carbocycles. The smallest absolute Gasteiger partial charge is 0.191 e. The number of nitrogens with zero attached hydrogens (tertiary/aromatic N) is 3. The van der Waals surface area contributed by atoms with Gasteiger partial charge in [0.05, 0.1) is 19.3 Å². The monoisotopic (exact) mass is 421 g/mol. The summed E-state index contributed by atoms with van der Waals surface area (Å²) in [5.74, 6) is 1.48. The quantitative estimate of drug-likeness (QED) is 0.365. The van der Waals surface area contributed by atoms with E-state index in [2.05, 4.69) is 20.7 Å². The van der Waals surface area contributed by atoms with Gasteiger partial charge >= 0.3 is 0 Å². The van der Waals surface area contributed by atoms with Gasteiger partial charge in [0.1, 0.15) is 18.0 Å². The van der Waals surface area contributed by atoms with E-state index in [1.165, 1.54) is 0 Å². The minimum absolute atomic E-state index is 0.316. The van der Waals surface area contributed by atoms with Crippen LogP contribution < -0.4 is 15.4 Å². The zero-order valence-corrected chi connectivity index (χ0v) is 18.4. The minimum Gasteiger partial charge on any atom is -0.489 e. The van der Waals surface area contributed by atoms with Crippen molar-refractivity contribution in [1.29, 1.82) is 0 Å². The van der Waals surface area contributed by atoms with E-state index in [1.807, 2.05) is 74.8 Å². The van der Waals surface area contributed by atoms with Crippen LogP contribution in [-0.4, -0.2) is 33.9 Å². The van der Waals surface area contributed by atoms with E-state index >= 15 is 0 Å². The Hall–Kier alpha value is -3.32. The molecule has 0 aliphatic carbocycles. The van der Waals surface area contributed by atoms with Crippen LogP contribution in [0.5, 0.6) is 5.75 Å². The third-order valence-electron chi connectivity index (χ3n) is 4.86. The van der Waals surface area contributed by atoms with Gasteiger partial charge in [-0.1, -0.05) is 42.5 Å². The van der Waals surface area contributed by atoms with Gasteiger partial charge in [-0.15, -0.1) is 0 Å². The molecule has 31 heavy (non-hydrogen) atoms. The van der Waals surface area contributed by atoms with Crippen LogP contribution in [0, 0.1) is 0 Å². The number of hydrogen-bond acceptors (Lipinski definition) is 4. The molecule has 0 aliphatic heterocycles. The van der Waals surface area contributed by atoms with Crippen molar-refractivity contribution in [3.05, 3.63) is 83.7 Å². The fraction of sp³-hybridized carbons (Fsp3) is 0.333. The van der Waals surface area contributed by atoms with Crippen molar-refractivity contribution in [3.63, 3.8) is 0 Å². The third kappa shape index (κ3) is 6.86. The maximum Gasteiger partial charge on any atom is 0.191 e. The summed E-state index contributed by atoms with van der Waals surface area (Å²) in [6.07, 6.45) is 3.49. The highest BCUT2D eigenvalue weighted by molar-refractivity contribution is 5.79. The van der Waals surface area contributed by atoms with Crippen LogP contribution in [0.3, 0.4) is 0 Å². The van der Waals surface area contributed by atoms with Crippen LogP contribution in [0.4, 0.5) is 0 Å². The molecule has 0 spiro atoms. The van der Waals surface area contributed by atoms with Crippen molar-refractivity contribution in [1.82, 2.24) is 20.4 Å². The van der Waals surface area contributed by atoms with E-state index in [0.29, 0.717) is 25.7 Å². The van der Waals surface area contributed by atoms with Crippen LogP contribution in [0.25, 0.3) is 0 Å². The van der Waals surface area contributed by atoms with Crippen molar-refractivity contribution in [3.8, 4) is 5.75 Å². The molecule has 0 saturated heterocycles. The van der Waals surface area contributed by atoms with E-state index in [0.717, 1.165) is 29.0 Å². The van der Waals surface area contributed by atoms with E-state index in [9.17, 15) is 5.11 Å². The summed E-state index contributed by atoms with van der Waals surface area (Å²) in [5.41, 5.74) is 1.91. The largest absolute Gasteiger partial charge is 0.489 e. The average molecular weight is 422 g/mol. The molecule has 1 aromatic heterocycles. The number of aromatic nitrogens is 2. The lowest BCUT2D eigenvalue weighted by Gasteiger charge is -2.23. The number of rotatable bonds is 9. The highest BCUT2D eigenvalue weighted by Crippen LogP contribution is 2.18. The lowest BCUT2D eigenvalue weighted by atomic mass is 10.00. The summed E-state index contributed by atoms with van der Waals surface area (Å²) in [6, 6.07) is 18.0. The summed E-state index contributed by atoms with van der Waals surface area (Å²) in [6.45, 7) is 5.88. The minimum atomic E-state index is -1.05. The molecule has 1 unspecified atom stereocenters. The van der Waals surface area contributed by atoms with Crippen molar-refractivity contribution in [2.45, 2.75) is 32.6 Å². The van der Waals surface area contributed by atoms with Gasteiger partial charge in [-0.2, -0.15) is 5.10 Å². The van der Waals surface area contributed by atoms with Crippen LogP contribution in [-0.2, 0) is 25.8 Å². The Morgan fingerprint density at radius 3 is 2.48 bits per heavy atom. The lowest BCUT2D eigenvalue weighted by molar-refractivity contribution is 0.0616. The van der Waals surface area contributed by atoms with Crippen LogP contribution in [0.1, 0.15) is 30.5 Å². The molecule has 7 nitrogen and oxygen atoms in total. The molecule has 164 valence electrons. The van der Waals surface area contributed by atoms with Crippen molar-refractivity contribution in [2.24, 2.45) is 12.0 Å². The highest BCUT2D eigenvalue weighted by atomic mass is 16.5. The highest BCUT2D eigenvalue weighted by Gasteiger charge is 2.24. The Kier molecular flexibility index (Phi) is 7.67. The molecule has 7 heteroatoms. The van der Waals surface area contributed by atoms with Gasteiger partial charge in [-0.05, 0) is 37.1 Å². The molecule has 0 fully saturated rings. The standard InChI is InChI=1S/C24H31N5O2/c1-4-25-23(27-18-24(2,30)21-15-28-29(3)16-21)26-14-19-10-12-22(13-11-19)31-17-20-8-6-5-7-9-20/h5-13,15-16,30H,4,14,17-18H2,1-3H3,(H2,25,26,27). The van der Waals surface area contributed by atoms with Crippen molar-refractivity contribution in [2.75, 3.05) is 13.1 Å². The summed E-state index contributed by atoms with van der Waals surface area (Å²) < 4.78 is 7.51. The molecule has 3 rings (SSSR count). The van der Waals surface area contributed by atoms with Gasteiger partial charge in [0.25, 0.3) is 0 Å². The molecule has 0 radical (unpaired) electrons. The number of aryl methyl sites for hydroxylation is 1. The number of hydrogen-bond donors (Lipinski definition) is 3. The molecular formula is C24H31N5O2. The molecule has 3 N–H and O–H groups in total. The van der Waals surface area contributed by atoms with E-state index in [1.54, 1.807) is 17.8 Å². The zero-order chi connectivity index (χ0) is 22.1. The molecule has 3 aromatic rings. The van der Waals surface area contributed by atoms with Gasteiger partial charge in [0.2, 0.25) is 0 Å². The van der Waals surface area contributed by atoms with Gasteiger partial charge < -0.3 is 20.5 Å². The molecule has 1 atom stereocenters. The Labute approximate surface area is 183 Å². The van der Waals surface area contributed by atoms with E-state index in [-0.39, 0.29) is 0 Å². The predicted molar refractivity (Wildman–Crippen MR) is 123 cm³/mol. The van der Waals surface area contributed by atoms with Gasteiger partial charge in [-0.3, -0.25) is 4.68 Å². The first-order chi connectivity index (χ1) is 15.0. The maximum absolute atomic E-state index is 10.8. The van der Waals surface area contributed by atoms with Gasteiger partial charge in [0.15, 0.2) is 5.96 Å². The lowest BCUT2D eigenvalue weighted by Crippen LogP contribution is -2.44. The van der Waals surface area contributed by atoms with Crippen molar-refractivity contribution >= 4 is 5.96 Å². The molecule has 1 heterocycles. The Morgan fingerprint density at radius 2 is 1.84 bits per heavy atom. The number of aliphatic hydroxyl groups is 1. The summed E-state index contributed by atoms with van der Waals surface area (Å²) in [4.78, 5) is 4.63. The first-order valence-electron chi connectivity index (χ1n) is 10.5. The number of ether oxygens (including phenoxy) is 1. The molecule has 0 amide bonds. The summed E-state index contributed by atoms with van der Waals surface area (Å²) in [5, 5.41) is 21.3.